The number of imidazole rings is 1. The molecule has 3 heteroatoms. The minimum atomic E-state index is -0.494. The Morgan fingerprint density at radius 1 is 0.511 bits per heavy atom. The Hall–Kier alpha value is -6.19. The third-order valence-corrected chi connectivity index (χ3v) is 9.93. The van der Waals surface area contributed by atoms with Crippen LogP contribution in [0, 0.1) is 0 Å². The van der Waals surface area contributed by atoms with Gasteiger partial charge in [0.05, 0.1) is 16.6 Å². The van der Waals surface area contributed by atoms with E-state index in [-0.39, 0.29) is 0 Å². The molecule has 0 bridgehead atoms. The quantitative estimate of drug-likeness (QED) is 0.201. The maximum Gasteiger partial charge on any atom is 0.307 e. The molecule has 2 aromatic heterocycles. The topological polar surface area (TPSA) is 30.4 Å². The molecule has 10 rings (SSSR count). The Morgan fingerprint density at radius 3 is 1.98 bits per heavy atom. The highest BCUT2D eigenvalue weighted by Crippen LogP contribution is 2.57. The fourth-order valence-electron chi connectivity index (χ4n) is 8.00. The van der Waals surface area contributed by atoms with E-state index in [1.54, 1.807) is 0 Å². The number of hydrogen-bond donors (Lipinski definition) is 0. The second-order valence-electron chi connectivity index (χ2n) is 12.3. The van der Waals surface area contributed by atoms with Crippen molar-refractivity contribution < 1.29 is 4.42 Å². The van der Waals surface area contributed by atoms with Crippen LogP contribution in [-0.2, 0) is 5.41 Å². The van der Waals surface area contributed by atoms with Gasteiger partial charge in [-0.15, -0.1) is 0 Å². The summed E-state index contributed by atoms with van der Waals surface area (Å²) in [7, 11) is 0. The zero-order valence-corrected chi connectivity index (χ0v) is 25.5. The highest BCUT2D eigenvalue weighted by molar-refractivity contribution is 6.01. The molecule has 2 heterocycles. The average Bonchev–Trinajstić information content (AvgIpc) is 3.79. The van der Waals surface area contributed by atoms with Crippen LogP contribution in [0.4, 0.5) is 0 Å². The summed E-state index contributed by atoms with van der Waals surface area (Å²) >= 11 is 0. The van der Waals surface area contributed by atoms with Crippen LogP contribution in [0.1, 0.15) is 22.3 Å². The lowest BCUT2D eigenvalue weighted by Gasteiger charge is -2.34. The van der Waals surface area contributed by atoms with Crippen LogP contribution >= 0.6 is 0 Å². The summed E-state index contributed by atoms with van der Waals surface area (Å²) in [5.74, 6) is 0.588. The van der Waals surface area contributed by atoms with E-state index in [4.69, 9.17) is 9.40 Å². The highest BCUT2D eigenvalue weighted by Gasteiger charge is 2.46. The predicted octanol–water partition coefficient (Wildman–Crippen LogP) is 10.9. The summed E-state index contributed by atoms with van der Waals surface area (Å²) in [5, 5.41) is 2.35. The lowest BCUT2D eigenvalue weighted by molar-refractivity contribution is 0.642. The number of para-hydroxylation sites is 2. The number of hydrogen-bond acceptors (Lipinski definition) is 2. The van der Waals surface area contributed by atoms with Crippen molar-refractivity contribution in [3.8, 4) is 33.6 Å². The molecule has 3 nitrogen and oxygen atoms in total. The average molecular weight is 601 g/mol. The third kappa shape index (κ3) is 3.60. The summed E-state index contributed by atoms with van der Waals surface area (Å²) in [6.07, 6.45) is 0. The van der Waals surface area contributed by atoms with Crippen molar-refractivity contribution in [1.29, 1.82) is 0 Å². The zero-order chi connectivity index (χ0) is 31.0. The van der Waals surface area contributed by atoms with Crippen molar-refractivity contribution in [3.05, 3.63) is 192 Å². The number of aromatic nitrogens is 2. The van der Waals surface area contributed by atoms with Gasteiger partial charge in [-0.05, 0) is 62.4 Å². The minimum absolute atomic E-state index is 0.494. The van der Waals surface area contributed by atoms with E-state index in [2.05, 4.69) is 162 Å². The molecule has 1 aliphatic rings. The number of rotatable bonds is 4. The van der Waals surface area contributed by atoms with E-state index in [1.807, 2.05) is 12.1 Å². The second-order valence-corrected chi connectivity index (χ2v) is 12.3. The molecule has 0 saturated heterocycles. The first kappa shape index (κ1) is 26.1. The van der Waals surface area contributed by atoms with Crippen LogP contribution in [0.25, 0.3) is 61.4 Å². The van der Waals surface area contributed by atoms with Crippen molar-refractivity contribution in [2.45, 2.75) is 5.41 Å². The molecule has 9 aromatic rings. The van der Waals surface area contributed by atoms with Gasteiger partial charge in [0.1, 0.15) is 5.69 Å². The van der Waals surface area contributed by atoms with Gasteiger partial charge in [-0.1, -0.05) is 152 Å². The Labute approximate surface area is 272 Å². The van der Waals surface area contributed by atoms with Gasteiger partial charge in [0, 0.05) is 11.1 Å². The molecule has 0 aliphatic heterocycles. The lowest BCUT2D eigenvalue weighted by Crippen LogP contribution is -2.28. The van der Waals surface area contributed by atoms with Crippen LogP contribution in [0.3, 0.4) is 0 Å². The fraction of sp³-hybridized carbons (Fsp3) is 0.0227. The van der Waals surface area contributed by atoms with Gasteiger partial charge < -0.3 is 4.42 Å². The third-order valence-electron chi connectivity index (χ3n) is 9.93. The molecule has 220 valence electrons. The summed E-state index contributed by atoms with van der Waals surface area (Å²) in [6.45, 7) is 0. The standard InChI is InChI=1S/C44H28N2O/c1-3-16-31(17-4-1)44(32-18-5-2-6-19-32)37-23-10-9-21-34(37)35-27-26-30(28-38(35)44)42-41(36-22-13-15-29-14-7-8-20-33(29)36)45-43-46(42)39-24-11-12-25-40(39)47-43/h1-28H. The van der Waals surface area contributed by atoms with E-state index in [9.17, 15) is 0 Å². The lowest BCUT2D eigenvalue weighted by atomic mass is 9.67. The van der Waals surface area contributed by atoms with Gasteiger partial charge in [-0.3, -0.25) is 4.40 Å². The van der Waals surface area contributed by atoms with Crippen molar-refractivity contribution in [2.24, 2.45) is 0 Å². The number of nitrogens with zero attached hydrogens (tertiary/aromatic N) is 2. The minimum Gasteiger partial charge on any atom is -0.423 e. The Balaban J connectivity index is 1.33. The Kier molecular flexibility index (Phi) is 5.49. The predicted molar refractivity (Wildman–Crippen MR) is 191 cm³/mol. The van der Waals surface area contributed by atoms with E-state index < -0.39 is 5.41 Å². The smallest absolute Gasteiger partial charge is 0.307 e. The van der Waals surface area contributed by atoms with Gasteiger partial charge in [0.2, 0.25) is 0 Å². The van der Waals surface area contributed by atoms with E-state index in [0.717, 1.165) is 39.0 Å². The van der Waals surface area contributed by atoms with Crippen LogP contribution < -0.4 is 0 Å². The van der Waals surface area contributed by atoms with Crippen LogP contribution in [0.2, 0.25) is 0 Å². The summed E-state index contributed by atoms with van der Waals surface area (Å²) < 4.78 is 8.60. The van der Waals surface area contributed by atoms with Crippen LogP contribution in [-0.4, -0.2) is 9.38 Å². The Bertz CT molecular complexity index is 2580. The highest BCUT2D eigenvalue weighted by atomic mass is 16.4. The molecule has 0 spiro atoms. The molecule has 47 heavy (non-hydrogen) atoms. The molecular formula is C44H28N2O. The number of benzene rings is 7. The summed E-state index contributed by atoms with van der Waals surface area (Å²) in [6, 6.07) is 61.0. The number of fused-ring (bicyclic) bond motifs is 7. The van der Waals surface area contributed by atoms with Crippen molar-refractivity contribution >= 4 is 27.7 Å². The molecule has 1 aliphatic carbocycles. The van der Waals surface area contributed by atoms with Crippen LogP contribution in [0.5, 0.6) is 0 Å². The molecule has 0 radical (unpaired) electrons. The molecule has 0 fully saturated rings. The van der Waals surface area contributed by atoms with Crippen molar-refractivity contribution in [2.75, 3.05) is 0 Å². The first-order valence-corrected chi connectivity index (χ1v) is 16.1. The zero-order valence-electron chi connectivity index (χ0n) is 25.5. The molecule has 7 aromatic carbocycles. The fourth-order valence-corrected chi connectivity index (χ4v) is 8.00. The van der Waals surface area contributed by atoms with Gasteiger partial charge in [-0.25, -0.2) is 0 Å². The molecule has 0 saturated carbocycles. The van der Waals surface area contributed by atoms with Crippen molar-refractivity contribution in [1.82, 2.24) is 9.38 Å². The van der Waals surface area contributed by atoms with E-state index >= 15 is 0 Å². The van der Waals surface area contributed by atoms with Crippen molar-refractivity contribution in [3.63, 3.8) is 0 Å². The Morgan fingerprint density at radius 2 is 1.15 bits per heavy atom. The van der Waals surface area contributed by atoms with Crippen LogP contribution in [0.15, 0.2) is 174 Å². The van der Waals surface area contributed by atoms with Gasteiger partial charge in [0.25, 0.3) is 0 Å². The van der Waals surface area contributed by atoms with E-state index in [0.29, 0.717) is 5.84 Å². The van der Waals surface area contributed by atoms with Gasteiger partial charge >= 0.3 is 5.84 Å². The molecular weight excluding hydrogens is 572 g/mol. The van der Waals surface area contributed by atoms with Gasteiger partial charge in [-0.2, -0.15) is 4.98 Å². The normalized spacial score (nSPS) is 13.3. The number of oxazole rings is 1. The maximum atomic E-state index is 6.40. The monoisotopic (exact) mass is 600 g/mol. The second kappa shape index (κ2) is 9.90. The maximum absolute atomic E-state index is 6.40. The summed E-state index contributed by atoms with van der Waals surface area (Å²) in [5.41, 5.74) is 13.0. The SMILES string of the molecule is c1ccc(C2(c3ccccc3)c3ccccc3-c3ccc(-c4c(-c5cccc6ccccc56)nc5oc6ccccc6n45)cc32)cc1. The summed E-state index contributed by atoms with van der Waals surface area (Å²) in [4.78, 5) is 5.23. The molecule has 0 atom stereocenters. The first-order chi connectivity index (χ1) is 23.3. The molecule has 0 N–H and O–H groups in total. The van der Waals surface area contributed by atoms with E-state index in [1.165, 1.54) is 38.8 Å². The first-order valence-electron chi connectivity index (χ1n) is 16.1. The van der Waals surface area contributed by atoms with Gasteiger partial charge in [0.15, 0.2) is 5.58 Å². The molecule has 0 unspecified atom stereocenters. The molecule has 0 amide bonds. The largest absolute Gasteiger partial charge is 0.423 e.